The van der Waals surface area contributed by atoms with E-state index in [1.165, 1.54) is 58.0 Å². The zero-order valence-corrected chi connectivity index (χ0v) is 23.8. The van der Waals surface area contributed by atoms with Crippen LogP contribution in [0.1, 0.15) is 69.8 Å². The number of thioether (sulfide) groups is 1. The average molecular weight is 560 g/mol. The van der Waals surface area contributed by atoms with Crippen LogP contribution in [0.2, 0.25) is 0 Å². The van der Waals surface area contributed by atoms with E-state index < -0.39 is 15.3 Å². The standard InChI is InChI=1S/C28H37N3O3S3/c32-26(30-27-29-19-25(36-27)35-17-16-31-14-4-5-15-31)28(18-24(28)20-6-2-1-3-7-20)21-8-10-22(11-9-21)37(33,34)23-12-13-23/h8-11,19-20,23-24H,1-7,12-18H2,(H,29,30,32). The Kier molecular flexibility index (Phi) is 7.42. The Morgan fingerprint density at radius 1 is 1.05 bits per heavy atom. The van der Waals surface area contributed by atoms with Crippen molar-refractivity contribution in [3.05, 3.63) is 36.0 Å². The quantitative estimate of drug-likeness (QED) is 0.374. The molecule has 1 aliphatic heterocycles. The molecule has 9 heteroatoms. The number of benzene rings is 1. The van der Waals surface area contributed by atoms with E-state index in [0.29, 0.717) is 21.9 Å². The maximum absolute atomic E-state index is 13.9. The zero-order chi connectivity index (χ0) is 25.5. The molecule has 200 valence electrons. The lowest BCUT2D eigenvalue weighted by Crippen LogP contribution is -2.32. The Hall–Kier alpha value is -1.42. The number of likely N-dealkylation sites (tertiary alicyclic amines) is 1. The molecule has 1 aromatic carbocycles. The van der Waals surface area contributed by atoms with Crippen molar-refractivity contribution >= 4 is 44.0 Å². The van der Waals surface area contributed by atoms with Crippen LogP contribution in [0, 0.1) is 11.8 Å². The Labute approximate surface area is 228 Å². The first kappa shape index (κ1) is 25.8. The SMILES string of the molecule is O=C(Nc1ncc(SCCN2CCCC2)s1)C1(c2ccc(S(=O)(=O)C3CC3)cc2)CC1C1CCCCC1. The molecule has 1 N–H and O–H groups in total. The van der Waals surface area contributed by atoms with Gasteiger partial charge >= 0.3 is 0 Å². The second-order valence-electron chi connectivity index (χ2n) is 11.3. The highest BCUT2D eigenvalue weighted by molar-refractivity contribution is 8.01. The van der Waals surface area contributed by atoms with Crippen molar-refractivity contribution in [3.8, 4) is 0 Å². The van der Waals surface area contributed by atoms with Gasteiger partial charge in [0.05, 0.1) is 26.0 Å². The number of hydrogen-bond acceptors (Lipinski definition) is 7. The summed E-state index contributed by atoms with van der Waals surface area (Å²) in [5.74, 6) is 1.93. The van der Waals surface area contributed by atoms with Gasteiger partial charge in [-0.3, -0.25) is 4.79 Å². The van der Waals surface area contributed by atoms with Gasteiger partial charge in [-0.15, -0.1) is 11.8 Å². The normalized spacial score (nSPS) is 26.9. The molecule has 1 amide bonds. The van der Waals surface area contributed by atoms with Crippen LogP contribution in [-0.2, 0) is 20.0 Å². The molecule has 0 radical (unpaired) electrons. The highest BCUT2D eigenvalue weighted by atomic mass is 32.2. The predicted molar refractivity (Wildman–Crippen MR) is 150 cm³/mol. The molecule has 2 atom stereocenters. The summed E-state index contributed by atoms with van der Waals surface area (Å²) in [6.07, 6.45) is 13.0. The van der Waals surface area contributed by atoms with Gasteiger partial charge in [0.15, 0.2) is 15.0 Å². The van der Waals surface area contributed by atoms with E-state index in [0.717, 1.165) is 41.3 Å². The van der Waals surface area contributed by atoms with Gasteiger partial charge in [0.25, 0.3) is 0 Å². The van der Waals surface area contributed by atoms with Gasteiger partial charge in [-0.1, -0.05) is 55.6 Å². The zero-order valence-electron chi connectivity index (χ0n) is 21.4. The minimum atomic E-state index is -3.24. The van der Waals surface area contributed by atoms with Crippen LogP contribution in [-0.4, -0.2) is 54.8 Å². The van der Waals surface area contributed by atoms with Gasteiger partial charge in [0.1, 0.15) is 0 Å². The molecule has 0 spiro atoms. The molecular weight excluding hydrogens is 523 g/mol. The lowest BCUT2D eigenvalue weighted by atomic mass is 9.80. The molecule has 1 aromatic heterocycles. The fourth-order valence-corrected chi connectivity index (χ4v) is 10.1. The number of anilines is 1. The minimum Gasteiger partial charge on any atom is -0.303 e. The Morgan fingerprint density at radius 2 is 1.78 bits per heavy atom. The first-order valence-electron chi connectivity index (χ1n) is 13.9. The number of amides is 1. The highest BCUT2D eigenvalue weighted by Gasteiger charge is 2.63. The van der Waals surface area contributed by atoms with Crippen molar-refractivity contribution in [2.45, 2.75) is 84.0 Å². The fraction of sp³-hybridized carbons (Fsp3) is 0.643. The van der Waals surface area contributed by atoms with E-state index >= 15 is 0 Å². The number of aromatic nitrogens is 1. The van der Waals surface area contributed by atoms with E-state index in [9.17, 15) is 13.2 Å². The number of sulfone groups is 1. The number of thiazole rings is 1. The molecule has 2 unspecified atom stereocenters. The summed E-state index contributed by atoms with van der Waals surface area (Å²) in [6, 6.07) is 7.26. The molecule has 37 heavy (non-hydrogen) atoms. The molecule has 6 rings (SSSR count). The topological polar surface area (TPSA) is 79.4 Å². The van der Waals surface area contributed by atoms with E-state index in [4.69, 9.17) is 0 Å². The summed E-state index contributed by atoms with van der Waals surface area (Å²) in [7, 11) is -3.24. The molecular formula is C28H37N3O3S3. The van der Waals surface area contributed by atoms with E-state index in [2.05, 4.69) is 15.2 Å². The first-order valence-corrected chi connectivity index (χ1v) is 17.3. The molecule has 6 nitrogen and oxygen atoms in total. The molecule has 3 aliphatic carbocycles. The van der Waals surface area contributed by atoms with E-state index in [1.54, 1.807) is 23.5 Å². The smallest absolute Gasteiger partial charge is 0.237 e. The maximum atomic E-state index is 13.9. The summed E-state index contributed by atoms with van der Waals surface area (Å²) >= 11 is 3.37. The summed E-state index contributed by atoms with van der Waals surface area (Å²) in [4.78, 5) is 21.3. The van der Waals surface area contributed by atoms with Crippen LogP contribution < -0.4 is 5.32 Å². The lowest BCUT2D eigenvalue weighted by Gasteiger charge is -2.25. The van der Waals surface area contributed by atoms with Gasteiger partial charge in [0.2, 0.25) is 5.91 Å². The molecule has 1 saturated heterocycles. The molecule has 2 heterocycles. The monoisotopic (exact) mass is 559 g/mol. The van der Waals surface area contributed by atoms with E-state index in [-0.39, 0.29) is 11.2 Å². The minimum absolute atomic E-state index is 0.0174. The number of hydrogen-bond donors (Lipinski definition) is 1. The van der Waals surface area contributed by atoms with Crippen molar-refractivity contribution in [1.29, 1.82) is 0 Å². The van der Waals surface area contributed by atoms with Crippen LogP contribution in [0.5, 0.6) is 0 Å². The van der Waals surface area contributed by atoms with Crippen LogP contribution in [0.25, 0.3) is 0 Å². The summed E-state index contributed by atoms with van der Waals surface area (Å²) in [5, 5.41) is 3.60. The summed E-state index contributed by atoms with van der Waals surface area (Å²) < 4.78 is 26.6. The summed E-state index contributed by atoms with van der Waals surface area (Å²) in [6.45, 7) is 3.52. The van der Waals surface area contributed by atoms with Crippen LogP contribution >= 0.6 is 23.1 Å². The van der Waals surface area contributed by atoms with Crippen LogP contribution in [0.4, 0.5) is 5.13 Å². The van der Waals surface area contributed by atoms with Crippen molar-refractivity contribution in [2.24, 2.45) is 11.8 Å². The third-order valence-corrected chi connectivity index (χ3v) is 13.2. The highest BCUT2D eigenvalue weighted by Crippen LogP contribution is 2.61. The molecule has 2 aromatic rings. The van der Waals surface area contributed by atoms with Crippen molar-refractivity contribution in [2.75, 3.05) is 30.7 Å². The Morgan fingerprint density at radius 3 is 2.49 bits per heavy atom. The number of nitrogens with zero attached hydrogens (tertiary/aromatic N) is 2. The van der Waals surface area contributed by atoms with Crippen molar-refractivity contribution < 1.29 is 13.2 Å². The van der Waals surface area contributed by atoms with Gasteiger partial charge in [-0.25, -0.2) is 13.4 Å². The average Bonchev–Trinajstić information content (AvgIpc) is 3.81. The lowest BCUT2D eigenvalue weighted by molar-refractivity contribution is -0.119. The number of nitrogens with one attached hydrogen (secondary N) is 1. The largest absolute Gasteiger partial charge is 0.303 e. The third kappa shape index (κ3) is 5.38. The molecule has 4 fully saturated rings. The van der Waals surface area contributed by atoms with Crippen LogP contribution in [0.15, 0.2) is 39.6 Å². The number of carbonyl (C=O) groups excluding carboxylic acids is 1. The van der Waals surface area contributed by atoms with Gasteiger partial charge in [-0.05, 0) is 74.7 Å². The summed E-state index contributed by atoms with van der Waals surface area (Å²) in [5.41, 5.74) is 0.366. The fourth-order valence-electron chi connectivity index (χ4n) is 6.50. The first-order chi connectivity index (χ1) is 18.0. The van der Waals surface area contributed by atoms with E-state index in [1.807, 2.05) is 30.1 Å². The Bertz CT molecular complexity index is 1210. The third-order valence-electron chi connectivity index (χ3n) is 8.86. The second kappa shape index (κ2) is 10.6. The van der Waals surface area contributed by atoms with Gasteiger partial charge in [0, 0.05) is 12.3 Å². The van der Waals surface area contributed by atoms with Crippen molar-refractivity contribution in [3.63, 3.8) is 0 Å². The van der Waals surface area contributed by atoms with Gasteiger partial charge < -0.3 is 10.2 Å². The second-order valence-corrected chi connectivity index (χ2v) is 15.9. The van der Waals surface area contributed by atoms with Crippen LogP contribution in [0.3, 0.4) is 0 Å². The molecule has 0 bridgehead atoms. The van der Waals surface area contributed by atoms with Gasteiger partial charge in [-0.2, -0.15) is 0 Å². The molecule has 3 saturated carbocycles. The maximum Gasteiger partial charge on any atom is 0.237 e. The van der Waals surface area contributed by atoms with Crippen molar-refractivity contribution in [1.82, 2.24) is 9.88 Å². The number of rotatable bonds is 10. The predicted octanol–water partition coefficient (Wildman–Crippen LogP) is 5.74. The number of carbonyl (C=O) groups is 1. The molecule has 4 aliphatic rings. The Balaban J connectivity index is 1.17.